The molecule has 6 heteroatoms. The first-order valence-corrected chi connectivity index (χ1v) is 7.32. The Morgan fingerprint density at radius 2 is 2.25 bits per heavy atom. The van der Waals surface area contributed by atoms with Gasteiger partial charge >= 0.3 is 5.69 Å². The standard InChI is InChI=1S/C14H20N4O2/c19-18(20)13-4-2-8-16-14(13)17(9-11-5-6-11)10-12-3-1-7-15-12/h2,4,8,11-12,15H,1,3,5-7,9-10H2. The van der Waals surface area contributed by atoms with Crippen molar-refractivity contribution in [3.8, 4) is 0 Å². The normalized spacial score (nSPS) is 21.9. The molecule has 1 aromatic rings. The first-order valence-electron chi connectivity index (χ1n) is 7.32. The van der Waals surface area contributed by atoms with Crippen LogP contribution in [0.1, 0.15) is 25.7 Å². The van der Waals surface area contributed by atoms with Crippen molar-refractivity contribution in [2.45, 2.75) is 31.7 Å². The number of hydrogen-bond donors (Lipinski definition) is 1. The van der Waals surface area contributed by atoms with Crippen LogP contribution in [0.25, 0.3) is 0 Å². The lowest BCUT2D eigenvalue weighted by molar-refractivity contribution is -0.384. The lowest BCUT2D eigenvalue weighted by atomic mass is 10.2. The molecule has 0 spiro atoms. The van der Waals surface area contributed by atoms with Gasteiger partial charge in [-0.1, -0.05) is 0 Å². The second-order valence-corrected chi connectivity index (χ2v) is 5.74. The topological polar surface area (TPSA) is 71.3 Å². The monoisotopic (exact) mass is 276 g/mol. The van der Waals surface area contributed by atoms with E-state index in [-0.39, 0.29) is 10.6 Å². The molecule has 2 fully saturated rings. The zero-order valence-electron chi connectivity index (χ0n) is 11.5. The molecule has 1 atom stereocenters. The second-order valence-electron chi connectivity index (χ2n) is 5.74. The number of pyridine rings is 1. The smallest absolute Gasteiger partial charge is 0.311 e. The van der Waals surface area contributed by atoms with Crippen LogP contribution in [0.5, 0.6) is 0 Å². The minimum Gasteiger partial charge on any atom is -0.349 e. The third-order valence-corrected chi connectivity index (χ3v) is 4.04. The molecule has 1 aliphatic heterocycles. The van der Waals surface area contributed by atoms with E-state index >= 15 is 0 Å². The molecule has 0 amide bonds. The SMILES string of the molecule is O=[N+]([O-])c1cccnc1N(CC1CC1)CC1CCCN1. The summed E-state index contributed by atoms with van der Waals surface area (Å²) in [4.78, 5) is 17.2. The van der Waals surface area contributed by atoms with E-state index in [1.807, 2.05) is 0 Å². The zero-order valence-corrected chi connectivity index (χ0v) is 11.5. The molecule has 3 rings (SSSR count). The third kappa shape index (κ3) is 3.07. The van der Waals surface area contributed by atoms with E-state index in [1.54, 1.807) is 18.3 Å². The van der Waals surface area contributed by atoms with E-state index < -0.39 is 0 Å². The Morgan fingerprint density at radius 1 is 1.40 bits per heavy atom. The van der Waals surface area contributed by atoms with Crippen LogP contribution < -0.4 is 10.2 Å². The van der Waals surface area contributed by atoms with Crippen molar-refractivity contribution in [1.82, 2.24) is 10.3 Å². The Kier molecular flexibility index (Phi) is 3.82. The van der Waals surface area contributed by atoms with Gasteiger partial charge in [0.2, 0.25) is 5.82 Å². The van der Waals surface area contributed by atoms with Crippen LogP contribution in [0, 0.1) is 16.0 Å². The van der Waals surface area contributed by atoms with Crippen molar-refractivity contribution in [3.05, 3.63) is 28.4 Å². The molecule has 1 aliphatic carbocycles. The summed E-state index contributed by atoms with van der Waals surface area (Å²) < 4.78 is 0. The largest absolute Gasteiger partial charge is 0.349 e. The summed E-state index contributed by atoms with van der Waals surface area (Å²) in [6.07, 6.45) is 6.43. The Balaban J connectivity index is 1.81. The van der Waals surface area contributed by atoms with Crippen molar-refractivity contribution in [2.75, 3.05) is 24.5 Å². The molecular weight excluding hydrogens is 256 g/mol. The molecule has 1 saturated carbocycles. The zero-order chi connectivity index (χ0) is 13.9. The van der Waals surface area contributed by atoms with E-state index in [4.69, 9.17) is 0 Å². The molecule has 0 aromatic carbocycles. The Bertz CT molecular complexity index is 484. The van der Waals surface area contributed by atoms with Crippen molar-refractivity contribution in [2.24, 2.45) is 5.92 Å². The molecule has 6 nitrogen and oxygen atoms in total. The van der Waals surface area contributed by atoms with Crippen molar-refractivity contribution >= 4 is 11.5 Å². The fourth-order valence-corrected chi connectivity index (χ4v) is 2.81. The third-order valence-electron chi connectivity index (χ3n) is 4.04. The average Bonchev–Trinajstić information content (AvgIpc) is 3.12. The van der Waals surface area contributed by atoms with Crippen LogP contribution in [-0.4, -0.2) is 35.6 Å². The summed E-state index contributed by atoms with van der Waals surface area (Å²) in [6.45, 7) is 2.75. The van der Waals surface area contributed by atoms with E-state index in [2.05, 4.69) is 15.2 Å². The first kappa shape index (κ1) is 13.3. The molecule has 1 unspecified atom stereocenters. The van der Waals surface area contributed by atoms with Crippen molar-refractivity contribution < 1.29 is 4.92 Å². The molecule has 2 heterocycles. The van der Waals surface area contributed by atoms with Crippen LogP contribution in [0.15, 0.2) is 18.3 Å². The van der Waals surface area contributed by atoms with Gasteiger partial charge in [-0.2, -0.15) is 0 Å². The van der Waals surface area contributed by atoms with Gasteiger partial charge in [0, 0.05) is 31.4 Å². The minimum atomic E-state index is -0.329. The Morgan fingerprint density at radius 3 is 2.90 bits per heavy atom. The van der Waals surface area contributed by atoms with Crippen LogP contribution in [0.4, 0.5) is 11.5 Å². The molecule has 108 valence electrons. The van der Waals surface area contributed by atoms with Crippen LogP contribution >= 0.6 is 0 Å². The number of aromatic nitrogens is 1. The number of anilines is 1. The lowest BCUT2D eigenvalue weighted by Crippen LogP contribution is -2.39. The van der Waals surface area contributed by atoms with Gasteiger partial charge in [-0.25, -0.2) is 4.98 Å². The summed E-state index contributed by atoms with van der Waals surface area (Å²) in [7, 11) is 0. The predicted octanol–water partition coefficient (Wildman–Crippen LogP) is 1.96. The van der Waals surface area contributed by atoms with Crippen LogP contribution in [0.2, 0.25) is 0 Å². The molecule has 1 aromatic heterocycles. The van der Waals surface area contributed by atoms with E-state index in [1.165, 1.54) is 19.3 Å². The number of hydrogen-bond acceptors (Lipinski definition) is 5. The van der Waals surface area contributed by atoms with Gasteiger partial charge in [-0.05, 0) is 44.2 Å². The number of nitrogens with one attached hydrogen (secondary N) is 1. The highest BCUT2D eigenvalue weighted by molar-refractivity contribution is 5.57. The highest BCUT2D eigenvalue weighted by Gasteiger charge is 2.30. The maximum atomic E-state index is 11.2. The van der Waals surface area contributed by atoms with Gasteiger partial charge in [0.15, 0.2) is 0 Å². The van der Waals surface area contributed by atoms with Gasteiger partial charge in [-0.3, -0.25) is 10.1 Å². The van der Waals surface area contributed by atoms with Crippen molar-refractivity contribution in [3.63, 3.8) is 0 Å². The number of nitrogens with zero attached hydrogens (tertiary/aromatic N) is 3. The summed E-state index contributed by atoms with van der Waals surface area (Å²) >= 11 is 0. The predicted molar refractivity (Wildman–Crippen MR) is 76.9 cm³/mol. The summed E-state index contributed by atoms with van der Waals surface area (Å²) in [6, 6.07) is 3.60. The summed E-state index contributed by atoms with van der Waals surface area (Å²) in [5.74, 6) is 1.20. The van der Waals surface area contributed by atoms with Crippen LogP contribution in [-0.2, 0) is 0 Å². The molecule has 1 N–H and O–H groups in total. The summed E-state index contributed by atoms with van der Waals surface area (Å²) in [5.41, 5.74) is 0.117. The second kappa shape index (κ2) is 5.75. The summed E-state index contributed by atoms with van der Waals surface area (Å²) in [5, 5.41) is 14.6. The van der Waals surface area contributed by atoms with Gasteiger partial charge in [0.25, 0.3) is 0 Å². The molecular formula is C14H20N4O2. The number of nitro groups is 1. The maximum absolute atomic E-state index is 11.2. The van der Waals surface area contributed by atoms with Gasteiger partial charge in [0.05, 0.1) is 4.92 Å². The molecule has 20 heavy (non-hydrogen) atoms. The quantitative estimate of drug-likeness (QED) is 0.635. The van der Waals surface area contributed by atoms with E-state index in [9.17, 15) is 10.1 Å². The Labute approximate surface area is 118 Å². The van der Waals surface area contributed by atoms with E-state index in [0.29, 0.717) is 17.8 Å². The van der Waals surface area contributed by atoms with Gasteiger partial charge in [-0.15, -0.1) is 0 Å². The average molecular weight is 276 g/mol. The van der Waals surface area contributed by atoms with Crippen molar-refractivity contribution in [1.29, 1.82) is 0 Å². The van der Waals surface area contributed by atoms with Gasteiger partial charge in [0.1, 0.15) is 0 Å². The first-order chi connectivity index (χ1) is 9.74. The highest BCUT2D eigenvalue weighted by atomic mass is 16.6. The molecule has 1 saturated heterocycles. The fraction of sp³-hybridized carbons (Fsp3) is 0.643. The lowest BCUT2D eigenvalue weighted by Gasteiger charge is -2.26. The maximum Gasteiger partial charge on any atom is 0.311 e. The van der Waals surface area contributed by atoms with Gasteiger partial charge < -0.3 is 10.2 Å². The highest BCUT2D eigenvalue weighted by Crippen LogP contribution is 2.33. The fourth-order valence-electron chi connectivity index (χ4n) is 2.81. The minimum absolute atomic E-state index is 0.117. The van der Waals surface area contributed by atoms with Crippen LogP contribution in [0.3, 0.4) is 0 Å². The van der Waals surface area contributed by atoms with E-state index in [0.717, 1.165) is 26.1 Å². The molecule has 2 aliphatic rings. The number of rotatable bonds is 6. The molecule has 0 radical (unpaired) electrons. The molecule has 0 bridgehead atoms. The Hall–Kier alpha value is -1.69.